The van der Waals surface area contributed by atoms with Gasteiger partial charge in [0.2, 0.25) is 5.91 Å². The Morgan fingerprint density at radius 3 is 2.75 bits per heavy atom. The van der Waals surface area contributed by atoms with Crippen molar-refractivity contribution in [1.82, 2.24) is 20.5 Å². The quantitative estimate of drug-likeness (QED) is 0.801. The molecule has 1 heterocycles. The van der Waals surface area contributed by atoms with Crippen LogP contribution in [0.1, 0.15) is 31.0 Å². The summed E-state index contributed by atoms with van der Waals surface area (Å²) in [5, 5.41) is 10.1. The Hall–Kier alpha value is -1.82. The molecule has 0 radical (unpaired) electrons. The summed E-state index contributed by atoms with van der Waals surface area (Å²) in [7, 11) is 0. The molecule has 0 unspecified atom stereocenters. The average molecular weight is 290 g/mol. The van der Waals surface area contributed by atoms with E-state index in [0.717, 1.165) is 12.0 Å². The van der Waals surface area contributed by atoms with Crippen LogP contribution in [0.2, 0.25) is 0 Å². The van der Waals surface area contributed by atoms with Gasteiger partial charge in [0.15, 0.2) is 5.16 Å². The molecule has 0 aliphatic carbocycles. The summed E-state index contributed by atoms with van der Waals surface area (Å²) < 4.78 is 0. The molecule has 0 bridgehead atoms. The van der Waals surface area contributed by atoms with Gasteiger partial charge >= 0.3 is 0 Å². The maximum Gasteiger partial charge on any atom is 0.230 e. The minimum absolute atomic E-state index is 0.00346. The third kappa shape index (κ3) is 4.09. The third-order valence-electron chi connectivity index (χ3n) is 3.00. The molecule has 2 N–H and O–H groups in total. The Bertz CT molecular complexity index is 539. The predicted molar refractivity (Wildman–Crippen MR) is 79.5 cm³/mol. The molecule has 1 aromatic heterocycles. The van der Waals surface area contributed by atoms with Crippen LogP contribution >= 0.6 is 11.8 Å². The zero-order valence-corrected chi connectivity index (χ0v) is 12.4. The number of nitrogens with one attached hydrogen (secondary N) is 2. The van der Waals surface area contributed by atoms with Crippen molar-refractivity contribution in [3.05, 3.63) is 41.7 Å². The van der Waals surface area contributed by atoms with E-state index >= 15 is 0 Å². The summed E-state index contributed by atoms with van der Waals surface area (Å²) in [6, 6.07) is 8.33. The molecule has 0 aliphatic rings. The highest BCUT2D eigenvalue weighted by Gasteiger charge is 2.10. The molecule has 0 saturated carbocycles. The molecule has 6 heteroatoms. The fourth-order valence-corrected chi connectivity index (χ4v) is 2.40. The van der Waals surface area contributed by atoms with Gasteiger partial charge in [-0.05, 0) is 24.5 Å². The van der Waals surface area contributed by atoms with E-state index < -0.39 is 0 Å². The van der Waals surface area contributed by atoms with Crippen LogP contribution in [-0.2, 0) is 11.2 Å². The first-order chi connectivity index (χ1) is 9.69. The van der Waals surface area contributed by atoms with E-state index in [4.69, 9.17) is 0 Å². The van der Waals surface area contributed by atoms with E-state index in [1.807, 2.05) is 6.92 Å². The fraction of sp³-hybridized carbons (Fsp3) is 0.357. The summed E-state index contributed by atoms with van der Waals surface area (Å²) in [5.74, 6) is 0.311. The number of amides is 1. The Labute approximate surface area is 122 Å². The van der Waals surface area contributed by atoms with E-state index in [-0.39, 0.29) is 11.9 Å². The summed E-state index contributed by atoms with van der Waals surface area (Å²) in [6.45, 7) is 4.11. The zero-order valence-electron chi connectivity index (χ0n) is 11.6. The maximum atomic E-state index is 11.9. The molecule has 5 nitrogen and oxygen atoms in total. The number of aromatic amines is 1. The van der Waals surface area contributed by atoms with Crippen molar-refractivity contribution < 1.29 is 4.79 Å². The second kappa shape index (κ2) is 7.09. The molecular formula is C14H18N4OS. The molecule has 0 saturated heterocycles. The second-order valence-electron chi connectivity index (χ2n) is 4.46. The van der Waals surface area contributed by atoms with E-state index in [1.54, 1.807) is 0 Å². The van der Waals surface area contributed by atoms with Gasteiger partial charge < -0.3 is 5.32 Å². The van der Waals surface area contributed by atoms with Gasteiger partial charge in [-0.15, -0.1) is 0 Å². The zero-order chi connectivity index (χ0) is 14.4. The van der Waals surface area contributed by atoms with Crippen molar-refractivity contribution in [3.8, 4) is 0 Å². The number of H-pyrrole nitrogens is 1. The number of nitrogens with zero attached hydrogens (tertiary/aromatic N) is 2. The Morgan fingerprint density at radius 2 is 2.15 bits per heavy atom. The van der Waals surface area contributed by atoms with Gasteiger partial charge in [0, 0.05) is 0 Å². The van der Waals surface area contributed by atoms with Crippen LogP contribution in [-0.4, -0.2) is 26.8 Å². The Balaban J connectivity index is 1.83. The Kier molecular flexibility index (Phi) is 5.17. The molecule has 2 aromatic rings. The van der Waals surface area contributed by atoms with Crippen LogP contribution in [0.15, 0.2) is 35.7 Å². The topological polar surface area (TPSA) is 70.7 Å². The van der Waals surface area contributed by atoms with Crippen molar-refractivity contribution in [3.63, 3.8) is 0 Å². The first kappa shape index (κ1) is 14.6. The molecule has 106 valence electrons. The van der Waals surface area contributed by atoms with Gasteiger partial charge in [-0.1, -0.05) is 43.0 Å². The number of aryl methyl sites for hydroxylation is 1. The lowest BCUT2D eigenvalue weighted by molar-refractivity contribution is -0.119. The molecule has 0 fully saturated rings. The average Bonchev–Trinajstić information content (AvgIpc) is 2.98. The van der Waals surface area contributed by atoms with E-state index in [2.05, 4.69) is 51.7 Å². The van der Waals surface area contributed by atoms with Crippen LogP contribution in [0.25, 0.3) is 0 Å². The van der Waals surface area contributed by atoms with Gasteiger partial charge in [-0.25, -0.2) is 4.98 Å². The number of rotatable bonds is 6. The summed E-state index contributed by atoms with van der Waals surface area (Å²) in [4.78, 5) is 15.8. The fourth-order valence-electron chi connectivity index (χ4n) is 1.81. The number of carbonyl (C=O) groups is 1. The van der Waals surface area contributed by atoms with Crippen LogP contribution in [0, 0.1) is 0 Å². The number of hydrogen-bond acceptors (Lipinski definition) is 4. The standard InChI is InChI=1S/C14H18N4OS/c1-3-11-4-6-12(7-5-11)10(2)17-13(19)8-20-14-15-9-16-18-14/h4-7,9-10H,3,8H2,1-2H3,(H,17,19)(H,15,16,18)/t10-/m0/s1. The number of benzene rings is 1. The molecule has 1 aromatic carbocycles. The number of thioether (sulfide) groups is 1. The van der Waals surface area contributed by atoms with Crippen molar-refractivity contribution in [2.24, 2.45) is 0 Å². The third-order valence-corrected chi connectivity index (χ3v) is 3.88. The van der Waals surface area contributed by atoms with Crippen molar-refractivity contribution >= 4 is 17.7 Å². The van der Waals surface area contributed by atoms with Gasteiger partial charge in [-0.2, -0.15) is 5.10 Å². The summed E-state index contributed by atoms with van der Waals surface area (Å²) in [5.41, 5.74) is 2.41. The molecule has 0 aliphatic heterocycles. The van der Waals surface area contributed by atoms with Gasteiger partial charge in [0.1, 0.15) is 6.33 Å². The first-order valence-corrected chi connectivity index (χ1v) is 7.54. The van der Waals surface area contributed by atoms with E-state index in [9.17, 15) is 4.79 Å². The normalized spacial score (nSPS) is 12.1. The molecule has 1 amide bonds. The van der Waals surface area contributed by atoms with E-state index in [1.165, 1.54) is 23.7 Å². The molecule has 20 heavy (non-hydrogen) atoms. The second-order valence-corrected chi connectivity index (χ2v) is 5.43. The number of hydrogen-bond donors (Lipinski definition) is 2. The highest BCUT2D eigenvalue weighted by atomic mass is 32.2. The monoisotopic (exact) mass is 290 g/mol. The predicted octanol–water partition coefficient (Wildman–Crippen LogP) is 2.34. The van der Waals surface area contributed by atoms with E-state index in [0.29, 0.717) is 10.9 Å². The van der Waals surface area contributed by atoms with Crippen molar-refractivity contribution in [2.75, 3.05) is 5.75 Å². The van der Waals surface area contributed by atoms with Crippen LogP contribution in [0.3, 0.4) is 0 Å². The molecular weight excluding hydrogens is 272 g/mol. The largest absolute Gasteiger partial charge is 0.349 e. The molecule has 2 rings (SSSR count). The smallest absolute Gasteiger partial charge is 0.230 e. The summed E-state index contributed by atoms with van der Waals surface area (Å²) in [6.07, 6.45) is 2.45. The summed E-state index contributed by atoms with van der Waals surface area (Å²) >= 11 is 1.34. The lowest BCUT2D eigenvalue weighted by atomic mass is 10.1. The SMILES string of the molecule is CCc1ccc([C@H](C)NC(=O)CSc2ncn[nH]2)cc1. The van der Waals surface area contributed by atoms with Gasteiger partial charge in [0.05, 0.1) is 11.8 Å². The van der Waals surface area contributed by atoms with Crippen molar-refractivity contribution in [2.45, 2.75) is 31.5 Å². The highest BCUT2D eigenvalue weighted by molar-refractivity contribution is 7.99. The minimum Gasteiger partial charge on any atom is -0.349 e. The lowest BCUT2D eigenvalue weighted by Gasteiger charge is -2.14. The number of aromatic nitrogens is 3. The molecule has 1 atom stereocenters. The maximum absolute atomic E-state index is 11.9. The minimum atomic E-state index is -0.0153. The van der Waals surface area contributed by atoms with Gasteiger partial charge in [-0.3, -0.25) is 9.89 Å². The van der Waals surface area contributed by atoms with Gasteiger partial charge in [0.25, 0.3) is 0 Å². The van der Waals surface area contributed by atoms with Crippen LogP contribution in [0.5, 0.6) is 0 Å². The van der Waals surface area contributed by atoms with Crippen LogP contribution in [0.4, 0.5) is 0 Å². The van der Waals surface area contributed by atoms with Crippen LogP contribution < -0.4 is 5.32 Å². The lowest BCUT2D eigenvalue weighted by Crippen LogP contribution is -2.28. The first-order valence-electron chi connectivity index (χ1n) is 6.55. The number of carbonyl (C=O) groups excluding carboxylic acids is 1. The van der Waals surface area contributed by atoms with Crippen molar-refractivity contribution in [1.29, 1.82) is 0 Å². The Morgan fingerprint density at radius 1 is 1.40 bits per heavy atom. The highest BCUT2D eigenvalue weighted by Crippen LogP contribution is 2.15. The molecule has 0 spiro atoms.